The van der Waals surface area contributed by atoms with Crippen LogP contribution in [0.1, 0.15) is 12.5 Å². The summed E-state index contributed by atoms with van der Waals surface area (Å²) in [5.74, 6) is 1.77. The van der Waals surface area contributed by atoms with Gasteiger partial charge in [-0.05, 0) is 35.6 Å². The van der Waals surface area contributed by atoms with Crippen molar-refractivity contribution in [2.45, 2.75) is 18.5 Å². The predicted molar refractivity (Wildman–Crippen MR) is 89.5 cm³/mol. The molecule has 22 heavy (non-hydrogen) atoms. The third-order valence-corrected chi connectivity index (χ3v) is 3.72. The van der Waals surface area contributed by atoms with Crippen molar-refractivity contribution in [3.8, 4) is 5.75 Å². The van der Waals surface area contributed by atoms with E-state index >= 15 is 0 Å². The van der Waals surface area contributed by atoms with E-state index in [-0.39, 0.29) is 6.03 Å². The van der Waals surface area contributed by atoms with Crippen molar-refractivity contribution >= 4 is 23.5 Å². The van der Waals surface area contributed by atoms with Gasteiger partial charge in [-0.15, -0.1) is 11.8 Å². The highest BCUT2D eigenvalue weighted by Gasteiger charge is 2.03. The largest absolute Gasteiger partial charge is 0.497 e. The predicted octanol–water partition coefficient (Wildman–Crippen LogP) is 3.52. The first-order chi connectivity index (χ1) is 10.7. The van der Waals surface area contributed by atoms with Crippen LogP contribution in [0.5, 0.6) is 5.75 Å². The number of pyridine rings is 1. The molecule has 2 amide bonds. The molecule has 0 saturated carbocycles. The zero-order valence-corrected chi connectivity index (χ0v) is 13.4. The monoisotopic (exact) mass is 317 g/mol. The Balaban J connectivity index is 1.81. The zero-order chi connectivity index (χ0) is 15.8. The van der Waals surface area contributed by atoms with Crippen molar-refractivity contribution in [2.75, 3.05) is 18.2 Å². The minimum absolute atomic E-state index is 0.256. The molecule has 1 aromatic carbocycles. The molecule has 2 rings (SSSR count). The summed E-state index contributed by atoms with van der Waals surface area (Å²) in [6.07, 6.45) is 1.66. The zero-order valence-electron chi connectivity index (χ0n) is 12.6. The number of nitrogens with zero attached hydrogens (tertiary/aromatic N) is 1. The Kier molecular flexibility index (Phi) is 6.09. The van der Waals surface area contributed by atoms with Crippen LogP contribution in [0.25, 0.3) is 0 Å². The van der Waals surface area contributed by atoms with Gasteiger partial charge in [0.2, 0.25) is 0 Å². The van der Waals surface area contributed by atoms with Gasteiger partial charge in [-0.1, -0.05) is 19.1 Å². The van der Waals surface area contributed by atoms with E-state index in [0.29, 0.717) is 12.2 Å². The average Bonchev–Trinajstić information content (AvgIpc) is 2.55. The fourth-order valence-corrected chi connectivity index (χ4v) is 2.38. The maximum absolute atomic E-state index is 11.8. The Bertz CT molecular complexity index is 600. The summed E-state index contributed by atoms with van der Waals surface area (Å²) in [4.78, 5) is 16.1. The van der Waals surface area contributed by atoms with Gasteiger partial charge in [0.15, 0.2) is 0 Å². The minimum Gasteiger partial charge on any atom is -0.497 e. The Hall–Kier alpha value is -2.21. The number of carbonyl (C=O) groups excluding carboxylic acids is 1. The molecular weight excluding hydrogens is 298 g/mol. The van der Waals surface area contributed by atoms with E-state index in [0.717, 1.165) is 22.1 Å². The lowest BCUT2D eigenvalue weighted by Gasteiger charge is -2.08. The van der Waals surface area contributed by atoms with Gasteiger partial charge in [-0.3, -0.25) is 0 Å². The van der Waals surface area contributed by atoms with Crippen molar-refractivity contribution in [1.82, 2.24) is 10.3 Å². The molecule has 0 spiro atoms. The number of ether oxygens (including phenoxy) is 1. The van der Waals surface area contributed by atoms with E-state index < -0.39 is 0 Å². The van der Waals surface area contributed by atoms with Crippen molar-refractivity contribution < 1.29 is 9.53 Å². The molecule has 0 radical (unpaired) electrons. The summed E-state index contributed by atoms with van der Waals surface area (Å²) < 4.78 is 5.09. The maximum Gasteiger partial charge on any atom is 0.319 e. The van der Waals surface area contributed by atoms with Gasteiger partial charge >= 0.3 is 6.03 Å². The summed E-state index contributed by atoms with van der Waals surface area (Å²) in [5.41, 5.74) is 1.68. The number of rotatable bonds is 6. The van der Waals surface area contributed by atoms with Gasteiger partial charge in [0.05, 0.1) is 24.0 Å². The molecule has 1 aromatic heterocycles. The lowest BCUT2D eigenvalue weighted by Crippen LogP contribution is -2.28. The van der Waals surface area contributed by atoms with E-state index in [1.165, 1.54) is 0 Å². The van der Waals surface area contributed by atoms with Crippen molar-refractivity contribution in [3.63, 3.8) is 0 Å². The number of anilines is 1. The topological polar surface area (TPSA) is 63.2 Å². The number of urea groups is 1. The second kappa shape index (κ2) is 8.29. The van der Waals surface area contributed by atoms with E-state index in [4.69, 9.17) is 4.74 Å². The summed E-state index contributed by atoms with van der Waals surface area (Å²) in [6, 6.07) is 11.0. The molecule has 2 aromatic rings. The van der Waals surface area contributed by atoms with Crippen LogP contribution in [0.4, 0.5) is 10.5 Å². The average molecular weight is 317 g/mol. The number of thioether (sulfide) groups is 1. The van der Waals surface area contributed by atoms with Crippen LogP contribution in [0.2, 0.25) is 0 Å². The highest BCUT2D eigenvalue weighted by molar-refractivity contribution is 7.99. The molecule has 0 bridgehead atoms. The highest BCUT2D eigenvalue weighted by Crippen LogP contribution is 2.16. The molecule has 6 heteroatoms. The molecule has 2 N–H and O–H groups in total. The van der Waals surface area contributed by atoms with Crippen LogP contribution in [-0.2, 0) is 6.54 Å². The lowest BCUT2D eigenvalue weighted by atomic mass is 10.2. The second-order valence-corrected chi connectivity index (χ2v) is 5.76. The van der Waals surface area contributed by atoms with E-state index in [2.05, 4.69) is 22.5 Å². The van der Waals surface area contributed by atoms with Crippen molar-refractivity contribution in [2.24, 2.45) is 0 Å². The first kappa shape index (κ1) is 16.2. The quantitative estimate of drug-likeness (QED) is 0.800. The van der Waals surface area contributed by atoms with Crippen LogP contribution in [0.3, 0.4) is 0 Å². The van der Waals surface area contributed by atoms with E-state index in [1.807, 2.05) is 36.4 Å². The van der Waals surface area contributed by atoms with Crippen LogP contribution in [0.15, 0.2) is 47.6 Å². The Morgan fingerprint density at radius 2 is 2.00 bits per heavy atom. The van der Waals surface area contributed by atoms with Crippen LogP contribution in [-0.4, -0.2) is 23.9 Å². The van der Waals surface area contributed by atoms with Gasteiger partial charge in [0.25, 0.3) is 0 Å². The number of hydrogen-bond acceptors (Lipinski definition) is 4. The normalized spacial score (nSPS) is 10.1. The summed E-state index contributed by atoms with van der Waals surface area (Å²) >= 11 is 1.66. The van der Waals surface area contributed by atoms with Crippen LogP contribution < -0.4 is 15.4 Å². The standard InChI is InChI=1S/C16H19N3O2S/c1-3-22-15-9-6-13(11-17-15)19-16(20)18-10-12-4-7-14(21-2)8-5-12/h4-9,11H,3,10H2,1-2H3,(H2,18,19,20). The van der Waals surface area contributed by atoms with Crippen LogP contribution >= 0.6 is 11.8 Å². The van der Waals surface area contributed by atoms with Crippen molar-refractivity contribution in [1.29, 1.82) is 0 Å². The third kappa shape index (κ3) is 4.96. The molecule has 0 unspecified atom stereocenters. The van der Waals surface area contributed by atoms with Crippen molar-refractivity contribution in [3.05, 3.63) is 48.2 Å². The van der Waals surface area contributed by atoms with Gasteiger partial charge in [0, 0.05) is 6.54 Å². The molecular formula is C16H19N3O2S. The Labute approximate surface area is 134 Å². The minimum atomic E-state index is -0.256. The van der Waals surface area contributed by atoms with Gasteiger partial charge < -0.3 is 15.4 Å². The van der Waals surface area contributed by atoms with Gasteiger partial charge in [-0.25, -0.2) is 9.78 Å². The molecule has 0 atom stereocenters. The number of methoxy groups -OCH3 is 1. The fraction of sp³-hybridized carbons (Fsp3) is 0.250. The summed E-state index contributed by atoms with van der Waals surface area (Å²) in [5, 5.41) is 6.51. The number of nitrogens with one attached hydrogen (secondary N) is 2. The molecule has 1 heterocycles. The number of aromatic nitrogens is 1. The molecule has 0 aliphatic rings. The SMILES string of the molecule is CCSc1ccc(NC(=O)NCc2ccc(OC)cc2)cn1. The number of benzene rings is 1. The third-order valence-electron chi connectivity index (χ3n) is 2.90. The fourth-order valence-electron chi connectivity index (χ4n) is 1.79. The summed E-state index contributed by atoms with van der Waals surface area (Å²) in [6.45, 7) is 2.53. The van der Waals surface area contributed by atoms with E-state index in [9.17, 15) is 4.79 Å². The molecule has 5 nitrogen and oxygen atoms in total. The maximum atomic E-state index is 11.8. The first-order valence-corrected chi connectivity index (χ1v) is 7.96. The highest BCUT2D eigenvalue weighted by atomic mass is 32.2. The molecule has 0 aliphatic carbocycles. The Morgan fingerprint density at radius 1 is 1.23 bits per heavy atom. The van der Waals surface area contributed by atoms with Crippen LogP contribution in [0, 0.1) is 0 Å². The summed E-state index contributed by atoms with van der Waals surface area (Å²) in [7, 11) is 1.62. The number of hydrogen-bond donors (Lipinski definition) is 2. The van der Waals surface area contributed by atoms with Gasteiger partial charge in [-0.2, -0.15) is 0 Å². The molecule has 0 aliphatic heterocycles. The molecule has 0 saturated heterocycles. The second-order valence-electron chi connectivity index (χ2n) is 4.47. The number of amides is 2. The van der Waals surface area contributed by atoms with Gasteiger partial charge in [0.1, 0.15) is 5.75 Å². The Morgan fingerprint density at radius 3 is 2.59 bits per heavy atom. The number of carbonyl (C=O) groups is 1. The molecule has 116 valence electrons. The molecule has 0 fully saturated rings. The van der Waals surface area contributed by atoms with E-state index in [1.54, 1.807) is 25.1 Å². The lowest BCUT2D eigenvalue weighted by molar-refractivity contribution is 0.251. The first-order valence-electron chi connectivity index (χ1n) is 6.98. The smallest absolute Gasteiger partial charge is 0.319 e.